The Labute approximate surface area is 132 Å². The van der Waals surface area contributed by atoms with Crippen LogP contribution in [-0.2, 0) is 5.88 Å². The van der Waals surface area contributed by atoms with Gasteiger partial charge >= 0.3 is 0 Å². The number of ether oxygens (including phenoxy) is 1. The first-order valence-electron chi connectivity index (χ1n) is 6.38. The summed E-state index contributed by atoms with van der Waals surface area (Å²) < 4.78 is 7.13. The molecule has 0 bridgehead atoms. The predicted octanol–water partition coefficient (Wildman–Crippen LogP) is 4.13. The fourth-order valence-electron chi connectivity index (χ4n) is 2.25. The predicted molar refractivity (Wildman–Crippen MR) is 84.7 cm³/mol. The second kappa shape index (κ2) is 5.54. The van der Waals surface area contributed by atoms with Crippen molar-refractivity contribution in [3.8, 4) is 11.4 Å². The standard InChI is InChI=1S/C15H13Cl2N3O/c1-9-5-12-15(18-8-9)20(14(7-16)19-12)13-6-10(21-2)3-4-11(13)17/h3-6,8H,7H2,1-2H3. The van der Waals surface area contributed by atoms with Crippen molar-refractivity contribution in [3.05, 3.63) is 46.9 Å². The van der Waals surface area contributed by atoms with E-state index in [0.29, 0.717) is 16.6 Å². The lowest BCUT2D eigenvalue weighted by Gasteiger charge is -2.11. The molecule has 0 unspecified atom stereocenters. The summed E-state index contributed by atoms with van der Waals surface area (Å²) in [6.45, 7) is 1.98. The number of aromatic nitrogens is 3. The first-order chi connectivity index (χ1) is 10.1. The molecule has 0 saturated carbocycles. The van der Waals surface area contributed by atoms with Crippen molar-refractivity contribution in [2.24, 2.45) is 0 Å². The van der Waals surface area contributed by atoms with Crippen molar-refractivity contribution in [1.82, 2.24) is 14.5 Å². The van der Waals surface area contributed by atoms with Crippen LogP contribution in [0.5, 0.6) is 5.75 Å². The fourth-order valence-corrected chi connectivity index (χ4v) is 2.63. The molecule has 2 aromatic heterocycles. The molecule has 4 nitrogen and oxygen atoms in total. The number of pyridine rings is 1. The summed E-state index contributed by atoms with van der Waals surface area (Å²) in [5, 5.41) is 0.587. The molecule has 0 spiro atoms. The van der Waals surface area contributed by atoms with Crippen molar-refractivity contribution in [2.75, 3.05) is 7.11 Å². The van der Waals surface area contributed by atoms with Gasteiger partial charge in [0.1, 0.15) is 17.1 Å². The number of nitrogens with zero attached hydrogens (tertiary/aromatic N) is 3. The first-order valence-corrected chi connectivity index (χ1v) is 7.29. The van der Waals surface area contributed by atoms with Crippen LogP contribution >= 0.6 is 23.2 Å². The maximum Gasteiger partial charge on any atom is 0.164 e. The number of benzene rings is 1. The van der Waals surface area contributed by atoms with Gasteiger partial charge in [0.25, 0.3) is 0 Å². The maximum atomic E-state index is 6.33. The van der Waals surface area contributed by atoms with E-state index < -0.39 is 0 Å². The average molecular weight is 322 g/mol. The third-order valence-electron chi connectivity index (χ3n) is 3.22. The topological polar surface area (TPSA) is 39.9 Å². The van der Waals surface area contributed by atoms with E-state index in [4.69, 9.17) is 27.9 Å². The molecular formula is C15H13Cl2N3O. The summed E-state index contributed by atoms with van der Waals surface area (Å²) in [5.41, 5.74) is 3.33. The van der Waals surface area contributed by atoms with E-state index in [1.165, 1.54) is 0 Å². The Hall–Kier alpha value is -1.78. The lowest BCUT2D eigenvalue weighted by atomic mass is 10.2. The second-order valence-corrected chi connectivity index (χ2v) is 5.34. The van der Waals surface area contributed by atoms with E-state index in [1.54, 1.807) is 19.4 Å². The lowest BCUT2D eigenvalue weighted by Crippen LogP contribution is -2.01. The highest BCUT2D eigenvalue weighted by Crippen LogP contribution is 2.30. The maximum absolute atomic E-state index is 6.33. The zero-order valence-corrected chi connectivity index (χ0v) is 13.1. The molecule has 3 aromatic rings. The molecule has 21 heavy (non-hydrogen) atoms. The number of methoxy groups -OCH3 is 1. The van der Waals surface area contributed by atoms with Crippen molar-refractivity contribution < 1.29 is 4.74 Å². The van der Waals surface area contributed by atoms with Crippen molar-refractivity contribution in [3.63, 3.8) is 0 Å². The molecule has 0 saturated heterocycles. The second-order valence-electron chi connectivity index (χ2n) is 4.67. The average Bonchev–Trinajstić information content (AvgIpc) is 2.85. The number of halogens is 2. The number of aryl methyl sites for hydroxylation is 1. The molecule has 0 aliphatic carbocycles. The fraction of sp³-hybridized carbons (Fsp3) is 0.200. The minimum atomic E-state index is 0.267. The van der Waals surface area contributed by atoms with E-state index in [2.05, 4.69) is 9.97 Å². The Kier molecular flexibility index (Phi) is 3.74. The minimum absolute atomic E-state index is 0.267. The molecule has 3 rings (SSSR count). The van der Waals surface area contributed by atoms with E-state index in [-0.39, 0.29) is 5.88 Å². The molecule has 0 fully saturated rings. The first kappa shape index (κ1) is 14.2. The highest BCUT2D eigenvalue weighted by atomic mass is 35.5. The number of hydrogen-bond acceptors (Lipinski definition) is 3. The highest BCUT2D eigenvalue weighted by molar-refractivity contribution is 6.32. The largest absolute Gasteiger partial charge is 0.497 e. The van der Waals surface area contributed by atoms with Gasteiger partial charge in [0, 0.05) is 12.3 Å². The van der Waals surface area contributed by atoms with Crippen LogP contribution in [0.3, 0.4) is 0 Å². The summed E-state index contributed by atoms with van der Waals surface area (Å²) in [4.78, 5) is 9.00. The van der Waals surface area contributed by atoms with Gasteiger partial charge in [-0.2, -0.15) is 0 Å². The van der Waals surface area contributed by atoms with Crippen molar-refractivity contribution >= 4 is 34.4 Å². The van der Waals surface area contributed by atoms with Crippen LogP contribution in [0.4, 0.5) is 0 Å². The third-order valence-corrected chi connectivity index (χ3v) is 3.78. The van der Waals surface area contributed by atoms with Crippen molar-refractivity contribution in [2.45, 2.75) is 12.8 Å². The molecule has 1 aromatic carbocycles. The van der Waals surface area contributed by atoms with Gasteiger partial charge in [0.05, 0.1) is 23.7 Å². The van der Waals surface area contributed by atoms with Gasteiger partial charge in [-0.1, -0.05) is 11.6 Å². The summed E-state index contributed by atoms with van der Waals surface area (Å²) in [6, 6.07) is 7.42. The number of rotatable bonds is 3. The van der Waals surface area contributed by atoms with Crippen LogP contribution in [0.25, 0.3) is 16.9 Å². The van der Waals surface area contributed by atoms with E-state index in [0.717, 1.165) is 22.4 Å². The van der Waals surface area contributed by atoms with E-state index >= 15 is 0 Å². The Bertz CT molecular complexity index is 814. The van der Waals surface area contributed by atoms with Crippen LogP contribution in [0.15, 0.2) is 30.5 Å². The molecular weight excluding hydrogens is 309 g/mol. The summed E-state index contributed by atoms with van der Waals surface area (Å²) in [6.07, 6.45) is 1.80. The molecule has 2 heterocycles. The van der Waals surface area contributed by atoms with Crippen LogP contribution in [0, 0.1) is 6.92 Å². The van der Waals surface area contributed by atoms with Gasteiger partial charge in [-0.15, -0.1) is 11.6 Å². The third kappa shape index (κ3) is 2.45. The number of alkyl halides is 1. The van der Waals surface area contributed by atoms with Gasteiger partial charge in [-0.3, -0.25) is 4.57 Å². The Balaban J connectivity index is 2.33. The number of hydrogen-bond donors (Lipinski definition) is 0. The van der Waals surface area contributed by atoms with Gasteiger partial charge in [-0.25, -0.2) is 9.97 Å². The van der Waals surface area contributed by atoms with Crippen LogP contribution < -0.4 is 4.74 Å². The lowest BCUT2D eigenvalue weighted by molar-refractivity contribution is 0.414. The minimum Gasteiger partial charge on any atom is -0.497 e. The van der Waals surface area contributed by atoms with E-state index in [1.807, 2.05) is 29.7 Å². The van der Waals surface area contributed by atoms with Crippen molar-refractivity contribution in [1.29, 1.82) is 0 Å². The zero-order valence-electron chi connectivity index (χ0n) is 11.6. The monoisotopic (exact) mass is 321 g/mol. The molecule has 0 aliphatic heterocycles. The molecule has 6 heteroatoms. The zero-order chi connectivity index (χ0) is 15.0. The van der Waals surface area contributed by atoms with E-state index in [9.17, 15) is 0 Å². The molecule has 0 N–H and O–H groups in total. The molecule has 0 atom stereocenters. The van der Waals surface area contributed by atoms with Gasteiger partial charge in [0.15, 0.2) is 5.65 Å². The Morgan fingerprint density at radius 1 is 1.29 bits per heavy atom. The number of fused-ring (bicyclic) bond motifs is 1. The molecule has 0 aliphatic rings. The van der Waals surface area contributed by atoms with Gasteiger partial charge in [-0.05, 0) is 30.7 Å². The molecule has 0 amide bonds. The van der Waals surface area contributed by atoms with Gasteiger partial charge < -0.3 is 4.74 Å². The van der Waals surface area contributed by atoms with Crippen LogP contribution in [0.1, 0.15) is 11.4 Å². The Morgan fingerprint density at radius 2 is 2.10 bits per heavy atom. The smallest absolute Gasteiger partial charge is 0.164 e. The molecule has 0 radical (unpaired) electrons. The highest BCUT2D eigenvalue weighted by Gasteiger charge is 2.16. The van der Waals surface area contributed by atoms with Crippen LogP contribution in [-0.4, -0.2) is 21.6 Å². The Morgan fingerprint density at radius 3 is 2.81 bits per heavy atom. The van der Waals surface area contributed by atoms with Crippen LogP contribution in [0.2, 0.25) is 5.02 Å². The van der Waals surface area contributed by atoms with Gasteiger partial charge in [0.2, 0.25) is 0 Å². The SMILES string of the molecule is COc1ccc(Cl)c(-n2c(CCl)nc3cc(C)cnc32)c1. The quantitative estimate of drug-likeness (QED) is 0.681. The normalized spacial score (nSPS) is 11.0. The summed E-state index contributed by atoms with van der Waals surface area (Å²) in [7, 11) is 1.61. The summed E-state index contributed by atoms with van der Waals surface area (Å²) >= 11 is 12.4. The number of imidazole rings is 1. The molecule has 108 valence electrons. The summed E-state index contributed by atoms with van der Waals surface area (Å²) in [5.74, 6) is 1.67.